The first-order valence-corrected chi connectivity index (χ1v) is 6.64. The largest absolute Gasteiger partial charge is 0.396 e. The maximum atomic E-state index is 12.2. The van der Waals surface area contributed by atoms with Crippen LogP contribution in [0.2, 0.25) is 0 Å². The maximum Gasteiger partial charge on any atom is 0.274 e. The van der Waals surface area contributed by atoms with E-state index in [1.165, 1.54) is 16.8 Å². The summed E-state index contributed by atoms with van der Waals surface area (Å²) in [5.74, 6) is -0.00806. The lowest BCUT2D eigenvalue weighted by Gasteiger charge is -2.16. The highest BCUT2D eigenvalue weighted by atomic mass is 16.3. The van der Waals surface area contributed by atoms with Crippen LogP contribution in [0.1, 0.15) is 30.3 Å². The maximum absolute atomic E-state index is 12.2. The number of hydrogen-bond donors (Lipinski definition) is 1. The van der Waals surface area contributed by atoms with Crippen molar-refractivity contribution in [2.75, 3.05) is 19.7 Å². The molecule has 1 atom stereocenters. The third kappa shape index (κ3) is 3.01. The van der Waals surface area contributed by atoms with E-state index >= 15 is 0 Å². The molecule has 1 aromatic heterocycles. The van der Waals surface area contributed by atoms with Crippen LogP contribution in [0.15, 0.2) is 16.9 Å². The molecule has 2 heterocycles. The molecule has 0 aromatic carbocycles. The Morgan fingerprint density at radius 1 is 1.53 bits per heavy atom. The van der Waals surface area contributed by atoms with Gasteiger partial charge in [-0.3, -0.25) is 9.59 Å². The quantitative estimate of drug-likeness (QED) is 0.838. The zero-order chi connectivity index (χ0) is 13.8. The van der Waals surface area contributed by atoms with Crippen molar-refractivity contribution in [2.24, 2.45) is 5.92 Å². The molecule has 1 unspecified atom stereocenters. The molecule has 1 aliphatic rings. The van der Waals surface area contributed by atoms with Gasteiger partial charge in [0, 0.05) is 38.2 Å². The SMILES string of the molecule is CCCn1nc(C(=O)N2CCC(CO)C2)ccc1=O. The molecule has 6 nitrogen and oxygen atoms in total. The minimum atomic E-state index is -0.187. The second kappa shape index (κ2) is 5.97. The van der Waals surface area contributed by atoms with Gasteiger partial charge in [-0.15, -0.1) is 0 Å². The summed E-state index contributed by atoms with van der Waals surface area (Å²) >= 11 is 0. The van der Waals surface area contributed by atoms with Crippen LogP contribution in [0.25, 0.3) is 0 Å². The van der Waals surface area contributed by atoms with Gasteiger partial charge in [0.2, 0.25) is 0 Å². The lowest BCUT2D eigenvalue weighted by atomic mass is 10.1. The molecule has 1 amide bonds. The van der Waals surface area contributed by atoms with Crippen LogP contribution in [0.5, 0.6) is 0 Å². The van der Waals surface area contributed by atoms with E-state index in [4.69, 9.17) is 5.11 Å². The fourth-order valence-corrected chi connectivity index (χ4v) is 2.26. The van der Waals surface area contributed by atoms with Crippen LogP contribution < -0.4 is 5.56 Å². The van der Waals surface area contributed by atoms with Gasteiger partial charge in [0.1, 0.15) is 5.69 Å². The summed E-state index contributed by atoms with van der Waals surface area (Å²) in [6.45, 7) is 3.77. The first-order chi connectivity index (χ1) is 9.15. The van der Waals surface area contributed by atoms with Crippen molar-refractivity contribution >= 4 is 5.91 Å². The normalized spacial score (nSPS) is 18.8. The number of nitrogens with zero attached hydrogens (tertiary/aromatic N) is 3. The number of aliphatic hydroxyl groups excluding tert-OH is 1. The lowest BCUT2D eigenvalue weighted by molar-refractivity contribution is 0.0773. The molecule has 0 aliphatic carbocycles. The van der Waals surface area contributed by atoms with Crippen LogP contribution in [-0.4, -0.2) is 45.4 Å². The molecule has 1 saturated heterocycles. The molecule has 0 bridgehead atoms. The molecule has 0 radical (unpaired) electrons. The van der Waals surface area contributed by atoms with E-state index in [2.05, 4.69) is 5.10 Å². The summed E-state index contributed by atoms with van der Waals surface area (Å²) in [5.41, 5.74) is 0.111. The third-order valence-corrected chi connectivity index (χ3v) is 3.35. The third-order valence-electron chi connectivity index (χ3n) is 3.35. The van der Waals surface area contributed by atoms with Gasteiger partial charge in [-0.1, -0.05) is 6.92 Å². The minimum Gasteiger partial charge on any atom is -0.396 e. The van der Waals surface area contributed by atoms with Crippen LogP contribution in [0.4, 0.5) is 0 Å². The molecule has 1 N–H and O–H groups in total. The Kier molecular flexibility index (Phi) is 4.31. The van der Waals surface area contributed by atoms with E-state index in [1.54, 1.807) is 4.90 Å². The zero-order valence-electron chi connectivity index (χ0n) is 11.1. The molecule has 2 rings (SSSR count). The second-order valence-corrected chi connectivity index (χ2v) is 4.87. The summed E-state index contributed by atoms with van der Waals surface area (Å²) in [7, 11) is 0. The topological polar surface area (TPSA) is 75.4 Å². The van der Waals surface area contributed by atoms with Crippen LogP contribution in [0.3, 0.4) is 0 Å². The Morgan fingerprint density at radius 3 is 2.95 bits per heavy atom. The Labute approximate surface area is 111 Å². The van der Waals surface area contributed by atoms with Gasteiger partial charge in [0.15, 0.2) is 0 Å². The van der Waals surface area contributed by atoms with Crippen LogP contribution >= 0.6 is 0 Å². The Bertz CT molecular complexity index is 512. The minimum absolute atomic E-state index is 0.104. The standard InChI is InChI=1S/C13H19N3O3/c1-2-6-16-12(18)4-3-11(14-16)13(19)15-7-5-10(8-15)9-17/h3-4,10,17H,2,5-9H2,1H3. The fraction of sp³-hybridized carbons (Fsp3) is 0.615. The number of aromatic nitrogens is 2. The van der Waals surface area contributed by atoms with E-state index in [1.807, 2.05) is 6.92 Å². The predicted molar refractivity (Wildman–Crippen MR) is 69.9 cm³/mol. The van der Waals surface area contributed by atoms with E-state index in [0.717, 1.165) is 12.8 Å². The summed E-state index contributed by atoms with van der Waals surface area (Å²) < 4.78 is 1.33. The lowest BCUT2D eigenvalue weighted by Crippen LogP contribution is -2.32. The second-order valence-electron chi connectivity index (χ2n) is 4.87. The highest BCUT2D eigenvalue weighted by molar-refractivity contribution is 5.92. The molecular weight excluding hydrogens is 246 g/mol. The van der Waals surface area contributed by atoms with Gasteiger partial charge in [-0.2, -0.15) is 5.10 Å². The summed E-state index contributed by atoms with van der Waals surface area (Å²) in [5, 5.41) is 13.2. The summed E-state index contributed by atoms with van der Waals surface area (Å²) in [6, 6.07) is 2.86. The number of likely N-dealkylation sites (tertiary alicyclic amines) is 1. The van der Waals surface area contributed by atoms with Gasteiger partial charge in [-0.25, -0.2) is 4.68 Å². The Hall–Kier alpha value is -1.69. The number of amides is 1. The summed E-state index contributed by atoms with van der Waals surface area (Å²) in [4.78, 5) is 25.5. The number of aryl methyl sites for hydroxylation is 1. The van der Waals surface area contributed by atoms with Crippen molar-refractivity contribution in [3.8, 4) is 0 Å². The molecule has 104 valence electrons. The number of carbonyl (C=O) groups is 1. The van der Waals surface area contributed by atoms with Crippen LogP contribution in [-0.2, 0) is 6.54 Å². The zero-order valence-corrected chi connectivity index (χ0v) is 11.1. The van der Waals surface area contributed by atoms with Crippen molar-refractivity contribution in [1.82, 2.24) is 14.7 Å². The highest BCUT2D eigenvalue weighted by Crippen LogP contribution is 2.17. The average Bonchev–Trinajstić information content (AvgIpc) is 2.89. The van der Waals surface area contributed by atoms with E-state index in [-0.39, 0.29) is 24.0 Å². The summed E-state index contributed by atoms with van der Waals surface area (Å²) in [6.07, 6.45) is 1.61. The average molecular weight is 265 g/mol. The molecule has 0 saturated carbocycles. The monoisotopic (exact) mass is 265 g/mol. The van der Waals surface area contributed by atoms with E-state index in [9.17, 15) is 9.59 Å². The van der Waals surface area contributed by atoms with Gasteiger partial charge < -0.3 is 10.0 Å². The van der Waals surface area contributed by atoms with Gasteiger partial charge >= 0.3 is 0 Å². The van der Waals surface area contributed by atoms with E-state index < -0.39 is 0 Å². The highest BCUT2D eigenvalue weighted by Gasteiger charge is 2.27. The molecule has 6 heteroatoms. The van der Waals surface area contributed by atoms with Crippen molar-refractivity contribution < 1.29 is 9.90 Å². The Balaban J connectivity index is 2.15. The van der Waals surface area contributed by atoms with Gasteiger partial charge in [0.25, 0.3) is 11.5 Å². The van der Waals surface area contributed by atoms with Gasteiger partial charge in [0.05, 0.1) is 0 Å². The van der Waals surface area contributed by atoms with Crippen molar-refractivity contribution in [2.45, 2.75) is 26.3 Å². The first kappa shape index (κ1) is 13.7. The smallest absolute Gasteiger partial charge is 0.274 e. The number of rotatable bonds is 4. The number of aliphatic hydroxyl groups is 1. The Morgan fingerprint density at radius 2 is 2.32 bits per heavy atom. The molecule has 1 aromatic rings. The van der Waals surface area contributed by atoms with Crippen molar-refractivity contribution in [3.63, 3.8) is 0 Å². The fourth-order valence-electron chi connectivity index (χ4n) is 2.26. The molecular formula is C13H19N3O3. The van der Waals surface area contributed by atoms with Crippen molar-refractivity contribution in [3.05, 3.63) is 28.2 Å². The molecule has 0 spiro atoms. The number of carbonyl (C=O) groups excluding carboxylic acids is 1. The van der Waals surface area contributed by atoms with Crippen molar-refractivity contribution in [1.29, 1.82) is 0 Å². The first-order valence-electron chi connectivity index (χ1n) is 6.64. The molecule has 1 fully saturated rings. The van der Waals surface area contributed by atoms with Gasteiger partial charge in [-0.05, 0) is 18.9 Å². The number of hydrogen-bond acceptors (Lipinski definition) is 4. The van der Waals surface area contributed by atoms with E-state index in [0.29, 0.717) is 25.3 Å². The molecule has 1 aliphatic heterocycles. The predicted octanol–water partition coefficient (Wildman–Crippen LogP) is 0.108. The van der Waals surface area contributed by atoms with Crippen LogP contribution in [0, 0.1) is 5.92 Å². The molecule has 19 heavy (non-hydrogen) atoms.